The van der Waals surface area contributed by atoms with Gasteiger partial charge >= 0.3 is 0 Å². The van der Waals surface area contributed by atoms with E-state index in [1.807, 2.05) is 18.0 Å². The van der Waals surface area contributed by atoms with Crippen molar-refractivity contribution in [3.63, 3.8) is 0 Å². The van der Waals surface area contributed by atoms with E-state index in [4.69, 9.17) is 11.6 Å². The van der Waals surface area contributed by atoms with Crippen molar-refractivity contribution in [2.45, 2.75) is 32.2 Å². The van der Waals surface area contributed by atoms with Crippen molar-refractivity contribution in [3.05, 3.63) is 21.3 Å². The SMILES string of the molecule is CN=C(NCCc1ccc(Cl)s1)N1CCN(C(C)C(=O)N2CCCC2)CC1.I. The van der Waals surface area contributed by atoms with Crippen LogP contribution >= 0.6 is 46.9 Å². The van der Waals surface area contributed by atoms with Gasteiger partial charge < -0.3 is 15.1 Å². The van der Waals surface area contributed by atoms with E-state index >= 15 is 0 Å². The molecule has 158 valence electrons. The molecule has 0 spiro atoms. The van der Waals surface area contributed by atoms with Crippen LogP contribution in [0.15, 0.2) is 17.1 Å². The van der Waals surface area contributed by atoms with Crippen LogP contribution in [0.5, 0.6) is 0 Å². The van der Waals surface area contributed by atoms with Gasteiger partial charge in [0.25, 0.3) is 0 Å². The van der Waals surface area contributed by atoms with Crippen molar-refractivity contribution in [3.8, 4) is 0 Å². The molecule has 1 amide bonds. The molecule has 6 nitrogen and oxygen atoms in total. The fraction of sp³-hybridized carbons (Fsp3) is 0.684. The number of aliphatic imine (C=N–C) groups is 1. The topological polar surface area (TPSA) is 51.2 Å². The zero-order chi connectivity index (χ0) is 19.2. The summed E-state index contributed by atoms with van der Waals surface area (Å²) in [6.45, 7) is 8.31. The van der Waals surface area contributed by atoms with E-state index in [1.54, 1.807) is 11.3 Å². The number of piperazine rings is 1. The second-order valence-corrected chi connectivity index (χ2v) is 8.96. The highest BCUT2D eigenvalue weighted by Crippen LogP contribution is 2.21. The number of carbonyl (C=O) groups excluding carboxylic acids is 1. The second-order valence-electron chi connectivity index (χ2n) is 7.16. The maximum absolute atomic E-state index is 12.6. The smallest absolute Gasteiger partial charge is 0.239 e. The third-order valence-electron chi connectivity index (χ3n) is 5.43. The van der Waals surface area contributed by atoms with Crippen LogP contribution in [0.2, 0.25) is 4.34 Å². The van der Waals surface area contributed by atoms with E-state index in [1.165, 1.54) is 4.88 Å². The van der Waals surface area contributed by atoms with E-state index in [0.29, 0.717) is 0 Å². The zero-order valence-electron chi connectivity index (χ0n) is 16.7. The number of rotatable bonds is 5. The summed E-state index contributed by atoms with van der Waals surface area (Å²) in [4.78, 5) is 24.9. The molecular formula is C19H31ClIN5OS. The van der Waals surface area contributed by atoms with Crippen LogP contribution in [-0.4, -0.2) is 85.5 Å². The number of nitrogens with zero attached hydrogens (tertiary/aromatic N) is 4. The Labute approximate surface area is 194 Å². The summed E-state index contributed by atoms with van der Waals surface area (Å²) in [5.41, 5.74) is 0. The molecule has 2 aliphatic rings. The Bertz CT molecular complexity index is 657. The van der Waals surface area contributed by atoms with Gasteiger partial charge in [0, 0.05) is 57.7 Å². The Morgan fingerprint density at radius 2 is 1.86 bits per heavy atom. The number of carbonyl (C=O) groups is 1. The minimum Gasteiger partial charge on any atom is -0.356 e. The van der Waals surface area contributed by atoms with Crippen molar-refractivity contribution >= 4 is 58.8 Å². The van der Waals surface area contributed by atoms with Gasteiger partial charge in [0.2, 0.25) is 5.91 Å². The molecule has 1 aromatic rings. The van der Waals surface area contributed by atoms with E-state index in [2.05, 4.69) is 33.1 Å². The summed E-state index contributed by atoms with van der Waals surface area (Å²) in [6, 6.07) is 4.00. The molecule has 28 heavy (non-hydrogen) atoms. The highest BCUT2D eigenvalue weighted by Gasteiger charge is 2.30. The predicted molar refractivity (Wildman–Crippen MR) is 128 cm³/mol. The first kappa shape index (κ1) is 23.7. The first-order chi connectivity index (χ1) is 13.1. The number of nitrogens with one attached hydrogen (secondary N) is 1. The molecule has 1 unspecified atom stereocenters. The Kier molecular flexibility index (Phi) is 9.79. The monoisotopic (exact) mass is 539 g/mol. The quantitative estimate of drug-likeness (QED) is 0.355. The van der Waals surface area contributed by atoms with Crippen LogP contribution < -0.4 is 5.32 Å². The second kappa shape index (κ2) is 11.6. The average molecular weight is 540 g/mol. The molecule has 1 N–H and O–H groups in total. The summed E-state index contributed by atoms with van der Waals surface area (Å²) in [5.74, 6) is 1.23. The van der Waals surface area contributed by atoms with Crippen molar-refractivity contribution in [1.29, 1.82) is 0 Å². The Morgan fingerprint density at radius 1 is 1.18 bits per heavy atom. The van der Waals surface area contributed by atoms with E-state index in [0.717, 1.165) is 75.4 Å². The minimum atomic E-state index is -0.0243. The van der Waals surface area contributed by atoms with Gasteiger partial charge in [-0.25, -0.2) is 0 Å². The van der Waals surface area contributed by atoms with Gasteiger partial charge in [-0.15, -0.1) is 35.3 Å². The van der Waals surface area contributed by atoms with Crippen molar-refractivity contribution in [2.24, 2.45) is 4.99 Å². The summed E-state index contributed by atoms with van der Waals surface area (Å²) >= 11 is 7.62. The number of likely N-dealkylation sites (tertiary alicyclic amines) is 1. The molecule has 0 radical (unpaired) electrons. The highest BCUT2D eigenvalue weighted by atomic mass is 127. The molecule has 1 aromatic heterocycles. The standard InChI is InChI=1S/C19H30ClN5OS.HI/c1-15(18(26)24-9-3-4-10-24)23-11-13-25(14-12-23)19(21-2)22-8-7-16-5-6-17(20)27-16;/h5-6,15H,3-4,7-14H2,1-2H3,(H,21,22);1H. The van der Waals surface area contributed by atoms with E-state index in [-0.39, 0.29) is 35.9 Å². The number of hydrogen-bond donors (Lipinski definition) is 1. The fourth-order valence-electron chi connectivity index (χ4n) is 3.79. The van der Waals surface area contributed by atoms with Crippen LogP contribution in [0, 0.1) is 0 Å². The summed E-state index contributed by atoms with van der Waals surface area (Å²) in [6.07, 6.45) is 3.23. The minimum absolute atomic E-state index is 0. The van der Waals surface area contributed by atoms with Gasteiger partial charge in [-0.3, -0.25) is 14.7 Å². The Morgan fingerprint density at radius 3 is 2.43 bits per heavy atom. The lowest BCUT2D eigenvalue weighted by Gasteiger charge is -2.39. The maximum Gasteiger partial charge on any atom is 0.239 e. The maximum atomic E-state index is 12.6. The molecule has 0 saturated carbocycles. The first-order valence-electron chi connectivity index (χ1n) is 9.81. The van der Waals surface area contributed by atoms with Gasteiger partial charge in [0.1, 0.15) is 0 Å². The van der Waals surface area contributed by atoms with E-state index < -0.39 is 0 Å². The molecule has 1 atom stereocenters. The molecule has 3 heterocycles. The fourth-order valence-corrected chi connectivity index (χ4v) is 4.88. The molecule has 0 aromatic carbocycles. The molecule has 0 bridgehead atoms. The molecule has 9 heteroatoms. The van der Waals surface area contributed by atoms with Gasteiger partial charge in [0.05, 0.1) is 10.4 Å². The predicted octanol–water partition coefficient (Wildman–Crippen LogP) is 2.77. The molecule has 2 aliphatic heterocycles. The van der Waals surface area contributed by atoms with Crippen LogP contribution in [0.3, 0.4) is 0 Å². The zero-order valence-corrected chi connectivity index (χ0v) is 20.6. The van der Waals surface area contributed by atoms with Crippen molar-refractivity contribution in [2.75, 3.05) is 52.9 Å². The van der Waals surface area contributed by atoms with Gasteiger partial charge in [-0.05, 0) is 38.3 Å². The summed E-state index contributed by atoms with van der Waals surface area (Å²) < 4.78 is 0.836. The third-order valence-corrected chi connectivity index (χ3v) is 6.72. The lowest BCUT2D eigenvalue weighted by Crippen LogP contribution is -2.57. The number of thiophene rings is 1. The molecular weight excluding hydrogens is 509 g/mol. The largest absolute Gasteiger partial charge is 0.356 e. The van der Waals surface area contributed by atoms with Crippen molar-refractivity contribution < 1.29 is 4.79 Å². The summed E-state index contributed by atoms with van der Waals surface area (Å²) in [5, 5.41) is 3.45. The van der Waals surface area contributed by atoms with Crippen molar-refractivity contribution in [1.82, 2.24) is 20.0 Å². The molecule has 3 rings (SSSR count). The Balaban J connectivity index is 0.00000280. The molecule has 0 aliphatic carbocycles. The van der Waals surface area contributed by atoms with Gasteiger partial charge in [0.15, 0.2) is 5.96 Å². The number of guanidine groups is 1. The summed E-state index contributed by atoms with van der Waals surface area (Å²) in [7, 11) is 1.83. The van der Waals surface area contributed by atoms with E-state index in [9.17, 15) is 4.79 Å². The number of halogens is 2. The molecule has 2 fully saturated rings. The average Bonchev–Trinajstić information content (AvgIpc) is 3.36. The van der Waals surface area contributed by atoms with Gasteiger partial charge in [-0.1, -0.05) is 11.6 Å². The van der Waals surface area contributed by atoms with Gasteiger partial charge in [-0.2, -0.15) is 0 Å². The van der Waals surface area contributed by atoms with Crippen LogP contribution in [0.1, 0.15) is 24.6 Å². The van der Waals surface area contributed by atoms with Crippen LogP contribution in [-0.2, 0) is 11.2 Å². The molecule has 2 saturated heterocycles. The lowest BCUT2D eigenvalue weighted by molar-refractivity contribution is -0.135. The lowest BCUT2D eigenvalue weighted by atomic mass is 10.2. The number of hydrogen-bond acceptors (Lipinski definition) is 4. The normalized spacial score (nSPS) is 19.5. The Hall–Kier alpha value is -0.580. The first-order valence-corrected chi connectivity index (χ1v) is 11.0. The number of amides is 1. The third kappa shape index (κ3) is 6.21. The highest BCUT2D eigenvalue weighted by molar-refractivity contribution is 14.0. The van der Waals surface area contributed by atoms with Crippen LogP contribution in [0.4, 0.5) is 0 Å². The van der Waals surface area contributed by atoms with Crippen LogP contribution in [0.25, 0.3) is 0 Å².